The molecule has 1 N–H and O–H groups in total. The van der Waals surface area contributed by atoms with Crippen molar-refractivity contribution in [2.75, 3.05) is 0 Å². The van der Waals surface area contributed by atoms with Crippen molar-refractivity contribution in [3.8, 4) is 0 Å². The Morgan fingerprint density at radius 3 is 2.60 bits per heavy atom. The fourth-order valence-corrected chi connectivity index (χ4v) is 4.84. The van der Waals surface area contributed by atoms with Crippen LogP contribution in [0.5, 0.6) is 0 Å². The summed E-state index contributed by atoms with van der Waals surface area (Å²) in [6.45, 7) is 13.8. The van der Waals surface area contributed by atoms with E-state index in [2.05, 4.69) is 53.7 Å². The number of rotatable bonds is 2. The molecule has 2 aliphatic carbocycles. The molecule has 0 spiro atoms. The number of aliphatic hydroxyl groups excluding tert-OH is 1. The maximum Gasteiger partial charge on any atom is 0.0768 e. The van der Waals surface area contributed by atoms with E-state index in [1.165, 1.54) is 36.8 Å². The van der Waals surface area contributed by atoms with Crippen molar-refractivity contribution < 1.29 is 5.11 Å². The van der Waals surface area contributed by atoms with E-state index in [1.54, 1.807) is 0 Å². The molecule has 0 heterocycles. The van der Waals surface area contributed by atoms with Gasteiger partial charge in [0.2, 0.25) is 0 Å². The predicted octanol–water partition coefficient (Wildman–Crippen LogP) is 5.11. The molecule has 0 amide bonds. The van der Waals surface area contributed by atoms with Gasteiger partial charge in [-0.3, -0.25) is 0 Å². The molecule has 4 atom stereocenters. The van der Waals surface area contributed by atoms with Crippen LogP contribution in [-0.4, -0.2) is 11.2 Å². The monoisotopic (exact) mass is 276 g/mol. The molecule has 0 saturated heterocycles. The smallest absolute Gasteiger partial charge is 0.0768 e. The maximum atomic E-state index is 10.7. The Kier molecular flexibility index (Phi) is 4.22. The van der Waals surface area contributed by atoms with Crippen molar-refractivity contribution in [1.82, 2.24) is 0 Å². The summed E-state index contributed by atoms with van der Waals surface area (Å²) in [5.74, 6) is 0.967. The van der Waals surface area contributed by atoms with Crippen molar-refractivity contribution in [3.05, 3.63) is 23.3 Å². The molecule has 1 nitrogen and oxygen atoms in total. The minimum absolute atomic E-state index is 0.142. The summed E-state index contributed by atoms with van der Waals surface area (Å²) in [5.41, 5.74) is 3.17. The van der Waals surface area contributed by atoms with Crippen molar-refractivity contribution in [2.45, 2.75) is 73.3 Å². The molecule has 2 rings (SSSR count). The van der Waals surface area contributed by atoms with Gasteiger partial charge in [-0.2, -0.15) is 0 Å². The molecule has 1 heteroatoms. The third kappa shape index (κ3) is 2.50. The van der Waals surface area contributed by atoms with Crippen LogP contribution in [0.25, 0.3) is 0 Å². The van der Waals surface area contributed by atoms with E-state index >= 15 is 0 Å². The van der Waals surface area contributed by atoms with Gasteiger partial charge in [0, 0.05) is 5.92 Å². The molecular formula is C19H32O. The summed E-state index contributed by atoms with van der Waals surface area (Å²) in [4.78, 5) is 0. The first-order chi connectivity index (χ1) is 9.22. The van der Waals surface area contributed by atoms with Gasteiger partial charge in [-0.1, -0.05) is 59.6 Å². The summed E-state index contributed by atoms with van der Waals surface area (Å²) in [7, 11) is 0. The molecule has 0 aromatic carbocycles. The maximum absolute atomic E-state index is 10.7. The highest BCUT2D eigenvalue weighted by Crippen LogP contribution is 2.59. The number of hydrogen-bond donors (Lipinski definition) is 1. The fourth-order valence-electron chi connectivity index (χ4n) is 4.84. The zero-order chi connectivity index (χ0) is 15.1. The summed E-state index contributed by atoms with van der Waals surface area (Å²) < 4.78 is 0. The van der Waals surface area contributed by atoms with Gasteiger partial charge in [0.05, 0.1) is 6.10 Å². The van der Waals surface area contributed by atoms with Crippen LogP contribution in [0, 0.1) is 22.7 Å². The Morgan fingerprint density at radius 2 is 2.00 bits per heavy atom. The van der Waals surface area contributed by atoms with Gasteiger partial charge in [-0.25, -0.2) is 0 Å². The predicted molar refractivity (Wildman–Crippen MR) is 86.5 cm³/mol. The zero-order valence-corrected chi connectivity index (χ0v) is 14.2. The van der Waals surface area contributed by atoms with E-state index in [0.717, 1.165) is 0 Å². The summed E-state index contributed by atoms with van der Waals surface area (Å²) in [5, 5.41) is 10.7. The van der Waals surface area contributed by atoms with Crippen molar-refractivity contribution >= 4 is 0 Å². The standard InChI is InChI=1S/C19H32O/c1-7-13(2)11-15-14(3)12-16(20)17-18(4,5)9-8-10-19(15,17)6/h11-13,16-17,20H,7-10H2,1-6H3/b15-11-/t13-,16-,17+,19-/m1/s1. The second kappa shape index (κ2) is 5.33. The van der Waals surface area contributed by atoms with Gasteiger partial charge in [-0.05, 0) is 47.7 Å². The van der Waals surface area contributed by atoms with Gasteiger partial charge < -0.3 is 5.11 Å². The SMILES string of the molecule is CC[C@@H](C)/C=C1/C(C)=C[C@@H](O)[C@H]2C(C)(C)CCC[C@]12C. The summed E-state index contributed by atoms with van der Waals surface area (Å²) in [6, 6.07) is 0. The lowest BCUT2D eigenvalue weighted by Crippen LogP contribution is -2.51. The highest BCUT2D eigenvalue weighted by atomic mass is 16.3. The van der Waals surface area contributed by atoms with Crippen molar-refractivity contribution in [3.63, 3.8) is 0 Å². The van der Waals surface area contributed by atoms with Crippen LogP contribution in [0.15, 0.2) is 23.3 Å². The minimum Gasteiger partial charge on any atom is -0.389 e. The molecule has 0 aromatic heterocycles. The Bertz CT molecular complexity index is 429. The van der Waals surface area contributed by atoms with Gasteiger partial charge in [0.1, 0.15) is 0 Å². The van der Waals surface area contributed by atoms with Crippen LogP contribution in [0.2, 0.25) is 0 Å². The lowest BCUT2D eigenvalue weighted by Gasteiger charge is -2.56. The van der Waals surface area contributed by atoms with E-state index in [1.807, 2.05) is 0 Å². The molecule has 1 saturated carbocycles. The minimum atomic E-state index is -0.288. The Balaban J connectivity index is 2.53. The third-order valence-corrected chi connectivity index (χ3v) is 5.94. The van der Waals surface area contributed by atoms with Gasteiger partial charge in [0.25, 0.3) is 0 Å². The van der Waals surface area contributed by atoms with Gasteiger partial charge in [-0.15, -0.1) is 0 Å². The Morgan fingerprint density at radius 1 is 1.35 bits per heavy atom. The highest BCUT2D eigenvalue weighted by molar-refractivity contribution is 5.41. The average molecular weight is 276 g/mol. The van der Waals surface area contributed by atoms with Crippen LogP contribution in [0.4, 0.5) is 0 Å². The van der Waals surface area contributed by atoms with Crippen molar-refractivity contribution in [1.29, 1.82) is 0 Å². The molecule has 0 radical (unpaired) electrons. The van der Waals surface area contributed by atoms with Crippen LogP contribution in [0.1, 0.15) is 67.2 Å². The van der Waals surface area contributed by atoms with Crippen LogP contribution < -0.4 is 0 Å². The fraction of sp³-hybridized carbons (Fsp3) is 0.789. The Labute approximate surface area is 125 Å². The first-order valence-corrected chi connectivity index (χ1v) is 8.31. The molecule has 114 valence electrons. The molecule has 0 aromatic rings. The number of fused-ring (bicyclic) bond motifs is 1. The Hall–Kier alpha value is -0.560. The first-order valence-electron chi connectivity index (χ1n) is 8.31. The third-order valence-electron chi connectivity index (χ3n) is 5.94. The summed E-state index contributed by atoms with van der Waals surface area (Å²) in [6.07, 6.45) is 9.20. The van der Waals surface area contributed by atoms with E-state index in [-0.39, 0.29) is 16.9 Å². The molecule has 0 bridgehead atoms. The van der Waals surface area contributed by atoms with Gasteiger partial charge in [0.15, 0.2) is 0 Å². The van der Waals surface area contributed by atoms with E-state index in [9.17, 15) is 5.11 Å². The molecule has 0 aliphatic heterocycles. The molecule has 2 aliphatic rings. The lowest BCUT2D eigenvalue weighted by molar-refractivity contribution is -0.0491. The largest absolute Gasteiger partial charge is 0.389 e. The highest BCUT2D eigenvalue weighted by Gasteiger charge is 2.53. The van der Waals surface area contributed by atoms with E-state index in [0.29, 0.717) is 11.8 Å². The quantitative estimate of drug-likeness (QED) is 0.743. The molecule has 20 heavy (non-hydrogen) atoms. The second-order valence-corrected chi connectivity index (χ2v) is 8.04. The van der Waals surface area contributed by atoms with Crippen LogP contribution in [0.3, 0.4) is 0 Å². The van der Waals surface area contributed by atoms with E-state index in [4.69, 9.17) is 0 Å². The van der Waals surface area contributed by atoms with Crippen LogP contribution >= 0.6 is 0 Å². The topological polar surface area (TPSA) is 20.2 Å². The van der Waals surface area contributed by atoms with E-state index < -0.39 is 0 Å². The molecular weight excluding hydrogens is 244 g/mol. The molecule has 0 unspecified atom stereocenters. The summed E-state index contributed by atoms with van der Waals surface area (Å²) >= 11 is 0. The number of hydrogen-bond acceptors (Lipinski definition) is 1. The number of aliphatic hydroxyl groups is 1. The second-order valence-electron chi connectivity index (χ2n) is 8.04. The average Bonchev–Trinajstić information content (AvgIpc) is 2.32. The van der Waals surface area contributed by atoms with Crippen LogP contribution in [-0.2, 0) is 0 Å². The lowest BCUT2D eigenvalue weighted by atomic mass is 9.49. The van der Waals surface area contributed by atoms with Gasteiger partial charge >= 0.3 is 0 Å². The first kappa shape index (κ1) is 15.8. The number of allylic oxidation sites excluding steroid dienone is 3. The normalized spacial score (nSPS) is 40.1. The van der Waals surface area contributed by atoms with Crippen molar-refractivity contribution in [2.24, 2.45) is 22.7 Å². The molecule has 1 fully saturated rings. The zero-order valence-electron chi connectivity index (χ0n) is 14.2.